The molecular weight excluding hydrogens is 226 g/mol. The number of carbonyl (C=O) groups excluding carboxylic acids is 1. The lowest BCUT2D eigenvalue weighted by molar-refractivity contribution is 0.0790. The molecule has 1 amide bonds. The standard InChI is InChI=1S/C14H17N3O/c1-10(15)9-17(2)14(18)12-5-3-7-13-11(12)6-4-8-16-13/h3-8,10H,9,15H2,1-2H3. The van der Waals surface area contributed by atoms with E-state index in [4.69, 9.17) is 5.73 Å². The Morgan fingerprint density at radius 3 is 2.89 bits per heavy atom. The SMILES string of the molecule is CC(N)CN(C)C(=O)c1cccc2ncccc12. The van der Waals surface area contributed by atoms with Gasteiger partial charge in [-0.1, -0.05) is 12.1 Å². The lowest BCUT2D eigenvalue weighted by atomic mass is 10.1. The van der Waals surface area contributed by atoms with Gasteiger partial charge >= 0.3 is 0 Å². The van der Waals surface area contributed by atoms with E-state index < -0.39 is 0 Å². The van der Waals surface area contributed by atoms with Crippen LogP contribution < -0.4 is 5.73 Å². The van der Waals surface area contributed by atoms with E-state index in [0.717, 1.165) is 10.9 Å². The summed E-state index contributed by atoms with van der Waals surface area (Å²) in [5.74, 6) is -0.0223. The highest BCUT2D eigenvalue weighted by molar-refractivity contribution is 6.06. The van der Waals surface area contributed by atoms with E-state index in [-0.39, 0.29) is 11.9 Å². The first-order chi connectivity index (χ1) is 8.59. The Balaban J connectivity index is 2.39. The maximum Gasteiger partial charge on any atom is 0.254 e. The predicted molar refractivity (Wildman–Crippen MR) is 72.4 cm³/mol. The maximum absolute atomic E-state index is 12.3. The Bertz CT molecular complexity index is 560. The molecule has 1 aromatic carbocycles. The van der Waals surface area contributed by atoms with Crippen LogP contribution >= 0.6 is 0 Å². The molecule has 2 N–H and O–H groups in total. The van der Waals surface area contributed by atoms with Crippen molar-refractivity contribution in [3.05, 3.63) is 42.1 Å². The van der Waals surface area contributed by atoms with Crippen molar-refractivity contribution in [1.82, 2.24) is 9.88 Å². The molecule has 0 aliphatic rings. The number of nitrogens with two attached hydrogens (primary N) is 1. The van der Waals surface area contributed by atoms with Crippen LogP contribution in [0, 0.1) is 0 Å². The molecule has 0 saturated carbocycles. The number of hydrogen-bond donors (Lipinski definition) is 1. The number of rotatable bonds is 3. The molecule has 0 bridgehead atoms. The average Bonchev–Trinajstić information content (AvgIpc) is 2.36. The summed E-state index contributed by atoms with van der Waals surface area (Å²) in [6, 6.07) is 9.29. The van der Waals surface area contributed by atoms with Crippen LogP contribution in [0.4, 0.5) is 0 Å². The quantitative estimate of drug-likeness (QED) is 0.891. The Labute approximate surface area is 106 Å². The van der Waals surface area contributed by atoms with Crippen molar-refractivity contribution in [3.63, 3.8) is 0 Å². The third-order valence-corrected chi connectivity index (χ3v) is 2.78. The van der Waals surface area contributed by atoms with E-state index in [1.54, 1.807) is 18.1 Å². The molecule has 0 spiro atoms. The molecule has 1 atom stereocenters. The largest absolute Gasteiger partial charge is 0.340 e. The molecule has 1 aromatic heterocycles. The third kappa shape index (κ3) is 2.49. The number of hydrogen-bond acceptors (Lipinski definition) is 3. The summed E-state index contributed by atoms with van der Waals surface area (Å²) in [4.78, 5) is 18.2. The van der Waals surface area contributed by atoms with E-state index in [1.165, 1.54) is 0 Å². The van der Waals surface area contributed by atoms with Gasteiger partial charge in [0.15, 0.2) is 0 Å². The van der Waals surface area contributed by atoms with Gasteiger partial charge in [-0.3, -0.25) is 9.78 Å². The topological polar surface area (TPSA) is 59.2 Å². The third-order valence-electron chi connectivity index (χ3n) is 2.78. The summed E-state index contributed by atoms with van der Waals surface area (Å²) in [5.41, 5.74) is 7.22. The second kappa shape index (κ2) is 5.14. The van der Waals surface area contributed by atoms with Crippen molar-refractivity contribution in [2.75, 3.05) is 13.6 Å². The fourth-order valence-electron chi connectivity index (χ4n) is 2.01. The molecule has 0 radical (unpaired) electrons. The molecule has 4 heteroatoms. The van der Waals surface area contributed by atoms with Gasteiger partial charge in [0, 0.05) is 36.8 Å². The summed E-state index contributed by atoms with van der Waals surface area (Å²) >= 11 is 0. The Hall–Kier alpha value is -1.94. The molecule has 94 valence electrons. The highest BCUT2D eigenvalue weighted by Gasteiger charge is 2.15. The lowest BCUT2D eigenvalue weighted by Gasteiger charge is -2.20. The van der Waals surface area contributed by atoms with Gasteiger partial charge < -0.3 is 10.6 Å². The molecule has 2 aromatic rings. The van der Waals surface area contributed by atoms with Crippen molar-refractivity contribution in [2.45, 2.75) is 13.0 Å². The minimum Gasteiger partial charge on any atom is -0.340 e. The highest BCUT2D eigenvalue weighted by Crippen LogP contribution is 2.17. The van der Waals surface area contributed by atoms with Crippen molar-refractivity contribution in [1.29, 1.82) is 0 Å². The minimum absolute atomic E-state index is 0.0223. The Morgan fingerprint density at radius 2 is 2.17 bits per heavy atom. The maximum atomic E-state index is 12.3. The lowest BCUT2D eigenvalue weighted by Crippen LogP contribution is -2.37. The number of likely N-dealkylation sites (N-methyl/N-ethyl adjacent to an activating group) is 1. The summed E-state index contributed by atoms with van der Waals surface area (Å²) < 4.78 is 0. The zero-order valence-corrected chi connectivity index (χ0v) is 10.6. The van der Waals surface area contributed by atoms with Gasteiger partial charge in [0.25, 0.3) is 5.91 Å². The molecule has 0 aliphatic carbocycles. The average molecular weight is 243 g/mol. The van der Waals surface area contributed by atoms with Gasteiger partial charge in [-0.2, -0.15) is 0 Å². The molecule has 0 aliphatic heterocycles. The monoisotopic (exact) mass is 243 g/mol. The van der Waals surface area contributed by atoms with Crippen LogP contribution in [0.3, 0.4) is 0 Å². The smallest absolute Gasteiger partial charge is 0.254 e. The summed E-state index contributed by atoms with van der Waals surface area (Å²) in [7, 11) is 1.76. The van der Waals surface area contributed by atoms with Crippen LogP contribution in [0.15, 0.2) is 36.5 Å². The Morgan fingerprint density at radius 1 is 1.39 bits per heavy atom. The first-order valence-corrected chi connectivity index (χ1v) is 5.94. The fourth-order valence-corrected chi connectivity index (χ4v) is 2.01. The Kier molecular flexibility index (Phi) is 3.58. The van der Waals surface area contributed by atoms with Gasteiger partial charge in [0.2, 0.25) is 0 Å². The summed E-state index contributed by atoms with van der Waals surface area (Å²) in [6.45, 7) is 2.42. The zero-order valence-electron chi connectivity index (χ0n) is 10.6. The molecule has 2 rings (SSSR count). The van der Waals surface area contributed by atoms with Crippen LogP contribution in [0.2, 0.25) is 0 Å². The number of amides is 1. The van der Waals surface area contributed by atoms with E-state index in [9.17, 15) is 4.79 Å². The van der Waals surface area contributed by atoms with Gasteiger partial charge in [0.05, 0.1) is 5.52 Å². The number of carbonyl (C=O) groups is 1. The van der Waals surface area contributed by atoms with Gasteiger partial charge in [0.1, 0.15) is 0 Å². The minimum atomic E-state index is -0.0351. The van der Waals surface area contributed by atoms with Crippen LogP contribution in [-0.2, 0) is 0 Å². The van der Waals surface area contributed by atoms with E-state index in [2.05, 4.69) is 4.98 Å². The van der Waals surface area contributed by atoms with Crippen LogP contribution in [-0.4, -0.2) is 35.4 Å². The number of pyridine rings is 1. The van der Waals surface area contributed by atoms with Crippen molar-refractivity contribution in [2.24, 2.45) is 5.73 Å². The first kappa shape index (κ1) is 12.5. The molecule has 4 nitrogen and oxygen atoms in total. The second-order valence-corrected chi connectivity index (χ2v) is 4.54. The molecule has 0 saturated heterocycles. The number of aromatic nitrogens is 1. The van der Waals surface area contributed by atoms with Crippen molar-refractivity contribution < 1.29 is 4.79 Å². The van der Waals surface area contributed by atoms with Crippen molar-refractivity contribution >= 4 is 16.8 Å². The first-order valence-electron chi connectivity index (χ1n) is 5.94. The fraction of sp³-hybridized carbons (Fsp3) is 0.286. The van der Waals surface area contributed by atoms with Crippen molar-refractivity contribution in [3.8, 4) is 0 Å². The van der Waals surface area contributed by atoms with E-state index in [1.807, 2.05) is 37.3 Å². The summed E-state index contributed by atoms with van der Waals surface area (Å²) in [5, 5.41) is 0.876. The summed E-state index contributed by atoms with van der Waals surface area (Å²) in [6.07, 6.45) is 1.72. The van der Waals surface area contributed by atoms with Gasteiger partial charge in [-0.05, 0) is 25.1 Å². The van der Waals surface area contributed by atoms with E-state index >= 15 is 0 Å². The van der Waals surface area contributed by atoms with Gasteiger partial charge in [-0.25, -0.2) is 0 Å². The predicted octanol–water partition coefficient (Wildman–Crippen LogP) is 1.65. The molecule has 18 heavy (non-hydrogen) atoms. The zero-order chi connectivity index (χ0) is 13.1. The number of fused-ring (bicyclic) bond motifs is 1. The number of nitrogens with zero attached hydrogens (tertiary/aromatic N) is 2. The molecule has 1 unspecified atom stereocenters. The van der Waals surface area contributed by atoms with Crippen LogP contribution in [0.25, 0.3) is 10.9 Å². The normalized spacial score (nSPS) is 12.4. The second-order valence-electron chi connectivity index (χ2n) is 4.54. The van der Waals surface area contributed by atoms with Crippen LogP contribution in [0.1, 0.15) is 17.3 Å². The van der Waals surface area contributed by atoms with Gasteiger partial charge in [-0.15, -0.1) is 0 Å². The molecular formula is C14H17N3O. The highest BCUT2D eigenvalue weighted by atomic mass is 16.2. The number of benzene rings is 1. The molecule has 0 fully saturated rings. The van der Waals surface area contributed by atoms with E-state index in [0.29, 0.717) is 12.1 Å². The van der Waals surface area contributed by atoms with Crippen LogP contribution in [0.5, 0.6) is 0 Å². The molecule has 1 heterocycles.